The molecule has 3 heteroatoms. The van der Waals surface area contributed by atoms with Gasteiger partial charge in [0.25, 0.3) is 0 Å². The van der Waals surface area contributed by atoms with E-state index in [-0.39, 0.29) is 17.8 Å². The maximum Gasteiger partial charge on any atom is 0.309 e. The molecule has 18 heavy (non-hydrogen) atoms. The SMILES string of the molecule is CCOC(=O)C1CC1c1cncc2ccccc12. The summed E-state index contributed by atoms with van der Waals surface area (Å²) in [7, 11) is 0. The second-order valence-corrected chi connectivity index (χ2v) is 4.65. The van der Waals surface area contributed by atoms with Crippen LogP contribution >= 0.6 is 0 Å². The average molecular weight is 241 g/mol. The molecule has 0 amide bonds. The fraction of sp³-hybridized carbons (Fsp3) is 0.333. The highest BCUT2D eigenvalue weighted by molar-refractivity contribution is 5.87. The number of hydrogen-bond donors (Lipinski definition) is 0. The van der Waals surface area contributed by atoms with Crippen molar-refractivity contribution in [3.05, 3.63) is 42.2 Å². The van der Waals surface area contributed by atoms with Gasteiger partial charge in [-0.05, 0) is 24.3 Å². The van der Waals surface area contributed by atoms with E-state index in [9.17, 15) is 4.79 Å². The van der Waals surface area contributed by atoms with Gasteiger partial charge in [0, 0.05) is 23.7 Å². The highest BCUT2D eigenvalue weighted by Gasteiger charge is 2.45. The molecule has 92 valence electrons. The van der Waals surface area contributed by atoms with Gasteiger partial charge in [0.1, 0.15) is 0 Å². The summed E-state index contributed by atoms with van der Waals surface area (Å²) in [5, 5.41) is 2.33. The summed E-state index contributed by atoms with van der Waals surface area (Å²) in [4.78, 5) is 15.9. The predicted molar refractivity (Wildman–Crippen MR) is 69.2 cm³/mol. The van der Waals surface area contributed by atoms with Crippen LogP contribution in [0.1, 0.15) is 24.8 Å². The number of aromatic nitrogens is 1. The largest absolute Gasteiger partial charge is 0.466 e. The highest BCUT2D eigenvalue weighted by Crippen LogP contribution is 2.49. The lowest BCUT2D eigenvalue weighted by Gasteiger charge is -2.05. The Balaban J connectivity index is 1.91. The molecule has 1 heterocycles. The first-order chi connectivity index (χ1) is 8.81. The van der Waals surface area contributed by atoms with Crippen LogP contribution in [0.5, 0.6) is 0 Å². The van der Waals surface area contributed by atoms with Crippen molar-refractivity contribution in [3.8, 4) is 0 Å². The second-order valence-electron chi connectivity index (χ2n) is 4.65. The lowest BCUT2D eigenvalue weighted by molar-refractivity contribution is -0.144. The molecule has 3 nitrogen and oxygen atoms in total. The standard InChI is InChI=1S/C15H15NO2/c1-2-18-15(17)13-7-12(13)14-9-16-8-10-5-3-4-6-11(10)14/h3-6,8-9,12-13H,2,7H2,1H3. The predicted octanol–water partition coefficient (Wildman–Crippen LogP) is 2.90. The number of carbonyl (C=O) groups is 1. The monoisotopic (exact) mass is 241 g/mol. The minimum absolute atomic E-state index is 0.0255. The van der Waals surface area contributed by atoms with Crippen molar-refractivity contribution >= 4 is 16.7 Å². The van der Waals surface area contributed by atoms with Crippen molar-refractivity contribution in [2.24, 2.45) is 5.92 Å². The number of pyridine rings is 1. The first-order valence-electron chi connectivity index (χ1n) is 6.30. The fourth-order valence-electron chi connectivity index (χ4n) is 2.48. The quantitative estimate of drug-likeness (QED) is 0.776. The van der Waals surface area contributed by atoms with E-state index in [0.717, 1.165) is 11.8 Å². The molecule has 2 unspecified atom stereocenters. The third-order valence-electron chi connectivity index (χ3n) is 3.48. The molecule has 0 radical (unpaired) electrons. The molecule has 0 saturated heterocycles. The maximum absolute atomic E-state index is 11.7. The van der Waals surface area contributed by atoms with Crippen LogP contribution in [-0.2, 0) is 9.53 Å². The normalized spacial score (nSPS) is 21.8. The van der Waals surface area contributed by atoms with Crippen LogP contribution in [0.2, 0.25) is 0 Å². The van der Waals surface area contributed by atoms with Crippen molar-refractivity contribution in [2.75, 3.05) is 6.61 Å². The smallest absolute Gasteiger partial charge is 0.309 e. The van der Waals surface area contributed by atoms with E-state index in [2.05, 4.69) is 11.1 Å². The Kier molecular flexibility index (Phi) is 2.74. The number of ether oxygens (including phenoxy) is 1. The molecule has 1 saturated carbocycles. The number of rotatable bonds is 3. The van der Waals surface area contributed by atoms with E-state index in [1.807, 2.05) is 37.5 Å². The second kappa shape index (κ2) is 4.41. The van der Waals surface area contributed by atoms with E-state index in [4.69, 9.17) is 4.74 Å². The molecule has 0 spiro atoms. The van der Waals surface area contributed by atoms with Crippen molar-refractivity contribution in [1.29, 1.82) is 0 Å². The van der Waals surface area contributed by atoms with Gasteiger partial charge in [-0.3, -0.25) is 9.78 Å². The van der Waals surface area contributed by atoms with Crippen molar-refractivity contribution in [3.63, 3.8) is 0 Å². The zero-order valence-corrected chi connectivity index (χ0v) is 10.3. The Hall–Kier alpha value is -1.90. The molecule has 1 aliphatic carbocycles. The molecular weight excluding hydrogens is 226 g/mol. The van der Waals surface area contributed by atoms with Gasteiger partial charge in [-0.15, -0.1) is 0 Å². The summed E-state index contributed by atoms with van der Waals surface area (Å²) in [5.74, 6) is 0.232. The van der Waals surface area contributed by atoms with Gasteiger partial charge >= 0.3 is 5.97 Å². The molecule has 0 bridgehead atoms. The Morgan fingerprint density at radius 1 is 1.39 bits per heavy atom. The molecule has 3 rings (SSSR count). The van der Waals surface area contributed by atoms with Crippen molar-refractivity contribution in [2.45, 2.75) is 19.3 Å². The van der Waals surface area contributed by atoms with E-state index < -0.39 is 0 Å². The van der Waals surface area contributed by atoms with Crippen molar-refractivity contribution in [1.82, 2.24) is 4.98 Å². The molecule has 2 aromatic rings. The molecule has 1 aromatic carbocycles. The number of hydrogen-bond acceptors (Lipinski definition) is 3. The number of nitrogens with zero attached hydrogens (tertiary/aromatic N) is 1. The Bertz CT molecular complexity index is 589. The average Bonchev–Trinajstić information content (AvgIpc) is 3.18. The van der Waals surface area contributed by atoms with Crippen molar-refractivity contribution < 1.29 is 9.53 Å². The summed E-state index contributed by atoms with van der Waals surface area (Å²) >= 11 is 0. The molecule has 0 N–H and O–H groups in total. The number of fused-ring (bicyclic) bond motifs is 1. The lowest BCUT2D eigenvalue weighted by atomic mass is 10.0. The lowest BCUT2D eigenvalue weighted by Crippen LogP contribution is -2.07. The Morgan fingerprint density at radius 3 is 3.06 bits per heavy atom. The summed E-state index contributed by atoms with van der Waals surface area (Å²) in [6.07, 6.45) is 4.63. The summed E-state index contributed by atoms with van der Waals surface area (Å²) in [6.45, 7) is 2.30. The Morgan fingerprint density at radius 2 is 2.22 bits per heavy atom. The van der Waals surface area contributed by atoms with Crippen LogP contribution in [0, 0.1) is 5.92 Å². The van der Waals surface area contributed by atoms with E-state index in [0.29, 0.717) is 6.61 Å². The third-order valence-corrected chi connectivity index (χ3v) is 3.48. The van der Waals surface area contributed by atoms with Gasteiger partial charge in [0.05, 0.1) is 12.5 Å². The van der Waals surface area contributed by atoms with Crippen LogP contribution in [0.4, 0.5) is 0 Å². The topological polar surface area (TPSA) is 39.2 Å². The molecule has 0 aliphatic heterocycles. The summed E-state index contributed by atoms with van der Waals surface area (Å²) in [5.41, 5.74) is 1.17. The number of carbonyl (C=O) groups excluding carboxylic acids is 1. The van der Waals surface area contributed by atoms with Gasteiger partial charge in [-0.2, -0.15) is 0 Å². The third kappa shape index (κ3) is 1.86. The minimum atomic E-state index is -0.0737. The van der Waals surface area contributed by atoms with Crippen LogP contribution in [0.3, 0.4) is 0 Å². The maximum atomic E-state index is 11.7. The van der Waals surface area contributed by atoms with E-state index >= 15 is 0 Å². The van der Waals surface area contributed by atoms with Crippen LogP contribution < -0.4 is 0 Å². The first kappa shape index (κ1) is 11.2. The van der Waals surface area contributed by atoms with Gasteiger partial charge in [0.2, 0.25) is 0 Å². The summed E-state index contributed by atoms with van der Waals surface area (Å²) in [6, 6.07) is 8.16. The van der Waals surface area contributed by atoms with Gasteiger partial charge in [0.15, 0.2) is 0 Å². The number of esters is 1. The molecule has 1 fully saturated rings. The highest BCUT2D eigenvalue weighted by atomic mass is 16.5. The summed E-state index contributed by atoms with van der Waals surface area (Å²) < 4.78 is 5.07. The molecule has 2 atom stereocenters. The van der Waals surface area contributed by atoms with Crippen LogP contribution in [-0.4, -0.2) is 17.6 Å². The zero-order chi connectivity index (χ0) is 12.5. The minimum Gasteiger partial charge on any atom is -0.466 e. The molecule has 1 aromatic heterocycles. The van der Waals surface area contributed by atoms with E-state index in [1.54, 1.807) is 0 Å². The fourth-order valence-corrected chi connectivity index (χ4v) is 2.48. The zero-order valence-electron chi connectivity index (χ0n) is 10.3. The molecule has 1 aliphatic rings. The number of benzene rings is 1. The Labute approximate surface area is 106 Å². The van der Waals surface area contributed by atoms with E-state index in [1.165, 1.54) is 10.9 Å². The van der Waals surface area contributed by atoms with Crippen LogP contribution in [0.15, 0.2) is 36.7 Å². The van der Waals surface area contributed by atoms with Crippen LogP contribution in [0.25, 0.3) is 10.8 Å². The van der Waals surface area contributed by atoms with Gasteiger partial charge in [-0.1, -0.05) is 24.3 Å². The molecular formula is C15H15NO2. The van der Waals surface area contributed by atoms with Gasteiger partial charge < -0.3 is 4.74 Å². The first-order valence-corrected chi connectivity index (χ1v) is 6.30. The van der Waals surface area contributed by atoms with Gasteiger partial charge in [-0.25, -0.2) is 0 Å².